The minimum Gasteiger partial charge on any atom is -0.497 e. The molecule has 0 aliphatic rings. The van der Waals surface area contributed by atoms with Crippen LogP contribution in [0, 0.1) is 0 Å². The maximum atomic E-state index is 5.56. The van der Waals surface area contributed by atoms with Crippen molar-refractivity contribution in [2.24, 2.45) is 10.1 Å². The predicted molar refractivity (Wildman–Crippen MR) is 113 cm³/mol. The summed E-state index contributed by atoms with van der Waals surface area (Å²) in [5.74, 6) is 1.47. The molecule has 144 valence electrons. The van der Waals surface area contributed by atoms with Crippen LogP contribution >= 0.6 is 11.3 Å². The number of methoxy groups -OCH3 is 2. The number of nitrogens with zero attached hydrogens (tertiary/aromatic N) is 4. The van der Waals surface area contributed by atoms with Gasteiger partial charge in [-0.1, -0.05) is 12.1 Å². The minimum atomic E-state index is 0.511. The average molecular weight is 395 g/mol. The monoisotopic (exact) mass is 394 g/mol. The standard InChI is InChI=1S/C21H22N4O2S/c1-5-10-23-21-25(24-15(2)16-7-6-11-22-13-16)19(14-28-21)18-12-17(26-3)8-9-20(18)27-4/h5-9,11-14H,1,10H2,2-4H3. The maximum absolute atomic E-state index is 5.56. The number of ether oxygens (including phenoxy) is 2. The molecule has 2 aromatic heterocycles. The second-order valence-electron chi connectivity index (χ2n) is 5.84. The van der Waals surface area contributed by atoms with Crippen molar-refractivity contribution in [3.63, 3.8) is 0 Å². The molecule has 2 heterocycles. The molecule has 28 heavy (non-hydrogen) atoms. The SMILES string of the molecule is C=CCN=c1scc(-c2cc(OC)ccc2OC)n1N=C(C)c1cccnc1. The number of rotatable bonds is 7. The Morgan fingerprint density at radius 1 is 1.29 bits per heavy atom. The highest BCUT2D eigenvalue weighted by molar-refractivity contribution is 7.07. The van der Waals surface area contributed by atoms with Crippen molar-refractivity contribution in [3.05, 3.63) is 71.1 Å². The highest BCUT2D eigenvalue weighted by atomic mass is 32.1. The molecular weight excluding hydrogens is 372 g/mol. The summed E-state index contributed by atoms with van der Waals surface area (Å²) in [6, 6.07) is 9.55. The van der Waals surface area contributed by atoms with Gasteiger partial charge in [0.05, 0.1) is 32.2 Å². The van der Waals surface area contributed by atoms with Crippen LogP contribution in [-0.2, 0) is 0 Å². The Morgan fingerprint density at radius 2 is 2.14 bits per heavy atom. The van der Waals surface area contributed by atoms with E-state index in [9.17, 15) is 0 Å². The van der Waals surface area contributed by atoms with E-state index in [1.165, 1.54) is 11.3 Å². The van der Waals surface area contributed by atoms with Gasteiger partial charge in [0.2, 0.25) is 4.80 Å². The van der Waals surface area contributed by atoms with Crippen LogP contribution in [0.2, 0.25) is 0 Å². The molecule has 0 amide bonds. The fourth-order valence-corrected chi connectivity index (χ4v) is 3.46. The Kier molecular flexibility index (Phi) is 6.39. The van der Waals surface area contributed by atoms with Crippen molar-refractivity contribution in [1.82, 2.24) is 9.66 Å². The van der Waals surface area contributed by atoms with Crippen molar-refractivity contribution >= 4 is 17.0 Å². The Hall–Kier alpha value is -3.19. The van der Waals surface area contributed by atoms with E-state index in [-0.39, 0.29) is 0 Å². The second-order valence-corrected chi connectivity index (χ2v) is 6.67. The summed E-state index contributed by atoms with van der Waals surface area (Å²) in [4.78, 5) is 9.53. The summed E-state index contributed by atoms with van der Waals surface area (Å²) in [5.41, 5.74) is 3.52. The Balaban J connectivity index is 2.21. The van der Waals surface area contributed by atoms with Crippen molar-refractivity contribution in [2.45, 2.75) is 6.92 Å². The third-order valence-corrected chi connectivity index (χ3v) is 4.91. The van der Waals surface area contributed by atoms with Crippen LogP contribution in [0.1, 0.15) is 12.5 Å². The van der Waals surface area contributed by atoms with Gasteiger partial charge < -0.3 is 9.47 Å². The largest absolute Gasteiger partial charge is 0.497 e. The van der Waals surface area contributed by atoms with Crippen molar-refractivity contribution in [2.75, 3.05) is 20.8 Å². The first-order valence-corrected chi connectivity index (χ1v) is 9.56. The van der Waals surface area contributed by atoms with E-state index in [0.29, 0.717) is 6.54 Å². The summed E-state index contributed by atoms with van der Waals surface area (Å²) < 4.78 is 12.8. The quantitative estimate of drug-likeness (QED) is 0.450. The Morgan fingerprint density at radius 3 is 2.82 bits per heavy atom. The second kappa shape index (κ2) is 9.14. The maximum Gasteiger partial charge on any atom is 0.206 e. The predicted octanol–water partition coefficient (Wildman–Crippen LogP) is 3.99. The number of pyridine rings is 1. The van der Waals surface area contributed by atoms with Crippen molar-refractivity contribution < 1.29 is 9.47 Å². The normalized spacial score (nSPS) is 12.1. The highest BCUT2D eigenvalue weighted by Crippen LogP contribution is 2.33. The van der Waals surface area contributed by atoms with Gasteiger partial charge in [0.1, 0.15) is 11.5 Å². The van der Waals surface area contributed by atoms with Crippen molar-refractivity contribution in [3.8, 4) is 22.8 Å². The molecule has 0 saturated carbocycles. The molecule has 6 nitrogen and oxygen atoms in total. The van der Waals surface area contributed by atoms with E-state index in [1.54, 1.807) is 32.7 Å². The molecule has 0 atom stereocenters. The molecule has 3 aromatic rings. The van der Waals surface area contributed by atoms with Crippen molar-refractivity contribution in [1.29, 1.82) is 0 Å². The van der Waals surface area contributed by atoms with E-state index < -0.39 is 0 Å². The number of aromatic nitrogens is 2. The molecule has 0 aliphatic heterocycles. The molecule has 3 rings (SSSR count). The van der Waals surface area contributed by atoms with Gasteiger partial charge in [0.15, 0.2) is 0 Å². The fourth-order valence-electron chi connectivity index (χ4n) is 2.63. The lowest BCUT2D eigenvalue weighted by molar-refractivity contribution is 0.404. The van der Waals surface area contributed by atoms with E-state index in [1.807, 2.05) is 47.3 Å². The molecule has 0 spiro atoms. The number of benzene rings is 1. The molecule has 0 unspecified atom stereocenters. The smallest absolute Gasteiger partial charge is 0.206 e. The van der Waals surface area contributed by atoms with Crippen LogP contribution in [0.5, 0.6) is 11.5 Å². The topological polar surface area (TPSA) is 61.0 Å². The van der Waals surface area contributed by atoms with Gasteiger partial charge in [0.25, 0.3) is 0 Å². The van der Waals surface area contributed by atoms with Gasteiger partial charge in [-0.3, -0.25) is 9.98 Å². The van der Waals surface area contributed by atoms with Gasteiger partial charge in [-0.25, -0.2) is 4.68 Å². The Labute approximate surface area is 168 Å². The summed E-state index contributed by atoms with van der Waals surface area (Å²) in [6.07, 6.45) is 5.29. The van der Waals surface area contributed by atoms with E-state index >= 15 is 0 Å². The number of hydrogen-bond acceptors (Lipinski definition) is 6. The summed E-state index contributed by atoms with van der Waals surface area (Å²) in [5, 5.41) is 6.84. The van der Waals surface area contributed by atoms with Crippen LogP contribution in [0.3, 0.4) is 0 Å². The lowest BCUT2D eigenvalue weighted by Gasteiger charge is -2.11. The number of hydrogen-bond donors (Lipinski definition) is 0. The zero-order chi connectivity index (χ0) is 19.9. The third kappa shape index (κ3) is 4.20. The zero-order valence-electron chi connectivity index (χ0n) is 16.1. The van der Waals surface area contributed by atoms with Crippen LogP contribution in [0.15, 0.2) is 70.9 Å². The van der Waals surface area contributed by atoms with Crippen LogP contribution in [-0.4, -0.2) is 36.1 Å². The minimum absolute atomic E-state index is 0.511. The molecule has 7 heteroatoms. The summed E-state index contributed by atoms with van der Waals surface area (Å²) >= 11 is 1.51. The first-order valence-electron chi connectivity index (χ1n) is 8.68. The van der Waals surface area contributed by atoms with Crippen LogP contribution in [0.4, 0.5) is 0 Å². The lowest BCUT2D eigenvalue weighted by Crippen LogP contribution is -2.14. The van der Waals surface area contributed by atoms with E-state index in [2.05, 4.69) is 16.6 Å². The number of thiazole rings is 1. The molecular formula is C21H22N4O2S. The van der Waals surface area contributed by atoms with E-state index in [0.717, 1.165) is 38.8 Å². The molecule has 0 bridgehead atoms. The third-order valence-electron chi connectivity index (χ3n) is 4.05. The van der Waals surface area contributed by atoms with Gasteiger partial charge >= 0.3 is 0 Å². The molecule has 1 aromatic carbocycles. The first kappa shape index (κ1) is 19.6. The summed E-state index contributed by atoms with van der Waals surface area (Å²) in [7, 11) is 3.29. The van der Waals surface area contributed by atoms with Gasteiger partial charge in [-0.15, -0.1) is 17.9 Å². The van der Waals surface area contributed by atoms with Crippen LogP contribution < -0.4 is 14.3 Å². The van der Waals surface area contributed by atoms with Gasteiger partial charge in [-0.05, 0) is 31.2 Å². The molecule has 0 fully saturated rings. The first-order chi connectivity index (χ1) is 13.7. The lowest BCUT2D eigenvalue weighted by atomic mass is 10.1. The Bertz CT molecular complexity index is 1050. The molecule has 0 aliphatic carbocycles. The van der Waals surface area contributed by atoms with Gasteiger partial charge in [-0.2, -0.15) is 5.10 Å². The van der Waals surface area contributed by atoms with E-state index in [4.69, 9.17) is 14.6 Å². The summed E-state index contributed by atoms with van der Waals surface area (Å²) in [6.45, 7) is 6.21. The zero-order valence-corrected chi connectivity index (χ0v) is 16.9. The highest BCUT2D eigenvalue weighted by Gasteiger charge is 2.14. The fraction of sp³-hybridized carbons (Fsp3) is 0.190. The molecule has 0 saturated heterocycles. The molecule has 0 radical (unpaired) electrons. The molecule has 0 N–H and O–H groups in total. The average Bonchev–Trinajstić information content (AvgIpc) is 3.14. The van der Waals surface area contributed by atoms with Crippen LogP contribution in [0.25, 0.3) is 11.3 Å². The van der Waals surface area contributed by atoms with Gasteiger partial charge in [0, 0.05) is 28.9 Å².